The minimum absolute atomic E-state index is 0.111. The van der Waals surface area contributed by atoms with Crippen LogP contribution in [-0.4, -0.2) is 29.1 Å². The van der Waals surface area contributed by atoms with E-state index in [1.54, 1.807) is 13.8 Å². The smallest absolute Gasteiger partial charge is 0.325 e. The number of anilines is 1. The van der Waals surface area contributed by atoms with Crippen molar-refractivity contribution in [3.63, 3.8) is 0 Å². The molecule has 0 saturated carbocycles. The van der Waals surface area contributed by atoms with Crippen LogP contribution in [0.1, 0.15) is 20.3 Å². The predicted molar refractivity (Wildman–Crippen MR) is 85.5 cm³/mol. The van der Waals surface area contributed by atoms with Crippen molar-refractivity contribution >= 4 is 28.5 Å². The van der Waals surface area contributed by atoms with E-state index in [-0.39, 0.29) is 30.9 Å². The zero-order chi connectivity index (χ0) is 16.1. The number of esters is 1. The fraction of sp³-hybridized carbons (Fsp3) is 0.375. The molecule has 6 nitrogen and oxygen atoms in total. The molecule has 6 heteroatoms. The molecule has 0 bridgehead atoms. The van der Waals surface area contributed by atoms with Crippen LogP contribution in [0.2, 0.25) is 0 Å². The molecule has 1 aromatic carbocycles. The zero-order valence-electron chi connectivity index (χ0n) is 12.8. The predicted octanol–water partition coefficient (Wildman–Crippen LogP) is 1.88. The highest BCUT2D eigenvalue weighted by atomic mass is 16.5. The summed E-state index contributed by atoms with van der Waals surface area (Å²) in [5, 5.41) is 3.76. The molecule has 2 rings (SSSR count). The summed E-state index contributed by atoms with van der Waals surface area (Å²) in [5.41, 5.74) is 7.23. The topological polar surface area (TPSA) is 86.3 Å². The van der Waals surface area contributed by atoms with Gasteiger partial charge in [-0.15, -0.1) is 0 Å². The summed E-state index contributed by atoms with van der Waals surface area (Å²) in [6.45, 7) is 4.11. The van der Waals surface area contributed by atoms with Gasteiger partial charge < -0.3 is 20.4 Å². The van der Waals surface area contributed by atoms with Crippen LogP contribution in [0.4, 0.5) is 5.69 Å². The molecule has 1 aromatic heterocycles. The van der Waals surface area contributed by atoms with Crippen molar-refractivity contribution in [1.82, 2.24) is 4.57 Å². The molecule has 0 spiro atoms. The van der Waals surface area contributed by atoms with Gasteiger partial charge in [-0.05, 0) is 38.1 Å². The molecule has 118 valence electrons. The lowest BCUT2D eigenvalue weighted by molar-refractivity contribution is -0.143. The number of hydrogen-bond acceptors (Lipinski definition) is 4. The Morgan fingerprint density at radius 3 is 2.82 bits per heavy atom. The molecule has 0 aliphatic rings. The fourth-order valence-corrected chi connectivity index (χ4v) is 2.27. The first kappa shape index (κ1) is 16.0. The minimum Gasteiger partial charge on any atom is -0.465 e. The van der Waals surface area contributed by atoms with Gasteiger partial charge in [0.2, 0.25) is 5.91 Å². The molecule has 1 amide bonds. The summed E-state index contributed by atoms with van der Waals surface area (Å²) in [5.74, 6) is -0.380. The van der Waals surface area contributed by atoms with E-state index in [4.69, 9.17) is 10.5 Å². The largest absolute Gasteiger partial charge is 0.465 e. The summed E-state index contributed by atoms with van der Waals surface area (Å²) in [7, 11) is 0. The van der Waals surface area contributed by atoms with Crippen LogP contribution < -0.4 is 11.1 Å². The molecule has 0 radical (unpaired) electrons. The number of aromatic nitrogens is 1. The average molecular weight is 303 g/mol. The Hall–Kier alpha value is -2.34. The molecule has 3 N–H and O–H groups in total. The number of ether oxygens (including phenoxy) is 1. The van der Waals surface area contributed by atoms with Crippen LogP contribution in [0.5, 0.6) is 0 Å². The number of nitrogens with two attached hydrogens (primary N) is 1. The maximum absolute atomic E-state index is 11.7. The summed E-state index contributed by atoms with van der Waals surface area (Å²) in [4.78, 5) is 23.3. The highest BCUT2D eigenvalue weighted by Crippen LogP contribution is 2.21. The molecular formula is C16H21N3O3. The Balaban J connectivity index is 2.12. The summed E-state index contributed by atoms with van der Waals surface area (Å²) in [6.07, 6.45) is 2.11. The quantitative estimate of drug-likeness (QED) is 0.798. The van der Waals surface area contributed by atoms with Crippen molar-refractivity contribution in [2.45, 2.75) is 32.9 Å². The van der Waals surface area contributed by atoms with E-state index < -0.39 is 0 Å². The molecular weight excluding hydrogens is 282 g/mol. The Morgan fingerprint density at radius 1 is 1.36 bits per heavy atom. The summed E-state index contributed by atoms with van der Waals surface area (Å²) >= 11 is 0. The first-order valence-electron chi connectivity index (χ1n) is 7.29. The Morgan fingerprint density at radius 2 is 2.14 bits per heavy atom. The standard InChI is InChI=1S/C16H21N3O3/c1-3-22-16(21)10-19-7-6-12-9-13(4-5-14(12)19)18-15(20)8-11(2)17/h4-7,9,11H,3,8,10,17H2,1-2H3,(H,18,20). The van der Waals surface area contributed by atoms with E-state index in [1.807, 2.05) is 35.0 Å². The molecule has 2 aromatic rings. The Kier molecular flexibility index (Phi) is 5.16. The van der Waals surface area contributed by atoms with E-state index in [1.165, 1.54) is 0 Å². The summed E-state index contributed by atoms with van der Waals surface area (Å²) < 4.78 is 6.77. The third-order valence-electron chi connectivity index (χ3n) is 3.17. The number of hydrogen-bond donors (Lipinski definition) is 2. The van der Waals surface area contributed by atoms with Crippen molar-refractivity contribution in [2.75, 3.05) is 11.9 Å². The second-order valence-corrected chi connectivity index (χ2v) is 5.25. The van der Waals surface area contributed by atoms with Crippen molar-refractivity contribution in [3.05, 3.63) is 30.5 Å². The normalized spacial score (nSPS) is 12.1. The van der Waals surface area contributed by atoms with Crippen LogP contribution in [0.15, 0.2) is 30.5 Å². The molecule has 0 fully saturated rings. The van der Waals surface area contributed by atoms with E-state index in [9.17, 15) is 9.59 Å². The highest BCUT2D eigenvalue weighted by Gasteiger charge is 2.09. The lowest BCUT2D eigenvalue weighted by Crippen LogP contribution is -2.23. The van der Waals surface area contributed by atoms with Crippen LogP contribution in [0.3, 0.4) is 0 Å². The molecule has 22 heavy (non-hydrogen) atoms. The van der Waals surface area contributed by atoms with Crippen LogP contribution >= 0.6 is 0 Å². The lowest BCUT2D eigenvalue weighted by atomic mass is 10.2. The Bertz CT molecular complexity index is 676. The van der Waals surface area contributed by atoms with Gasteiger partial charge in [-0.3, -0.25) is 9.59 Å². The third-order valence-corrected chi connectivity index (χ3v) is 3.17. The number of carbonyl (C=O) groups is 2. The van der Waals surface area contributed by atoms with Gasteiger partial charge in [0.15, 0.2) is 0 Å². The van der Waals surface area contributed by atoms with Gasteiger partial charge >= 0.3 is 5.97 Å². The van der Waals surface area contributed by atoms with Crippen molar-refractivity contribution in [1.29, 1.82) is 0 Å². The van der Waals surface area contributed by atoms with E-state index in [0.29, 0.717) is 12.3 Å². The van der Waals surface area contributed by atoms with Crippen molar-refractivity contribution in [2.24, 2.45) is 5.73 Å². The second-order valence-electron chi connectivity index (χ2n) is 5.25. The molecule has 0 aliphatic heterocycles. The number of nitrogens with zero attached hydrogens (tertiary/aromatic N) is 1. The monoisotopic (exact) mass is 303 g/mol. The number of carbonyl (C=O) groups excluding carboxylic acids is 2. The first-order valence-corrected chi connectivity index (χ1v) is 7.29. The molecule has 1 heterocycles. The zero-order valence-corrected chi connectivity index (χ0v) is 12.8. The Labute approximate surface area is 129 Å². The second kappa shape index (κ2) is 7.09. The fourth-order valence-electron chi connectivity index (χ4n) is 2.27. The van der Waals surface area contributed by atoms with Gasteiger partial charge in [0.25, 0.3) is 0 Å². The highest BCUT2D eigenvalue weighted by molar-refractivity contribution is 5.94. The van der Waals surface area contributed by atoms with Crippen molar-refractivity contribution < 1.29 is 14.3 Å². The van der Waals surface area contributed by atoms with Gasteiger partial charge in [-0.2, -0.15) is 0 Å². The molecule has 1 unspecified atom stereocenters. The number of rotatable bonds is 6. The number of benzene rings is 1. The van der Waals surface area contributed by atoms with Gasteiger partial charge in [-0.1, -0.05) is 0 Å². The minimum atomic E-state index is -0.269. The maximum atomic E-state index is 11.7. The van der Waals surface area contributed by atoms with Gasteiger partial charge in [0.05, 0.1) is 6.61 Å². The summed E-state index contributed by atoms with van der Waals surface area (Å²) in [6, 6.07) is 7.28. The van der Waals surface area contributed by atoms with Crippen LogP contribution in [0, 0.1) is 0 Å². The molecule has 1 atom stereocenters. The van der Waals surface area contributed by atoms with Gasteiger partial charge in [-0.25, -0.2) is 0 Å². The van der Waals surface area contributed by atoms with E-state index >= 15 is 0 Å². The maximum Gasteiger partial charge on any atom is 0.325 e. The number of amides is 1. The van der Waals surface area contributed by atoms with Crippen molar-refractivity contribution in [3.8, 4) is 0 Å². The average Bonchev–Trinajstić information content (AvgIpc) is 2.80. The third kappa shape index (κ3) is 4.08. The molecule has 0 aliphatic carbocycles. The first-order chi connectivity index (χ1) is 10.5. The van der Waals surface area contributed by atoms with E-state index in [2.05, 4.69) is 5.32 Å². The number of fused-ring (bicyclic) bond motifs is 1. The van der Waals surface area contributed by atoms with Gasteiger partial charge in [0, 0.05) is 35.2 Å². The molecule has 0 saturated heterocycles. The van der Waals surface area contributed by atoms with Gasteiger partial charge in [0.1, 0.15) is 6.54 Å². The van der Waals surface area contributed by atoms with Crippen LogP contribution in [-0.2, 0) is 20.9 Å². The number of nitrogens with one attached hydrogen (secondary N) is 1. The SMILES string of the molecule is CCOC(=O)Cn1ccc2cc(NC(=O)CC(C)N)ccc21. The van der Waals surface area contributed by atoms with Crippen LogP contribution in [0.25, 0.3) is 10.9 Å². The van der Waals surface area contributed by atoms with E-state index in [0.717, 1.165) is 10.9 Å². The lowest BCUT2D eigenvalue weighted by Gasteiger charge is -2.08.